The molecule has 1 amide bonds. The number of fused-ring (bicyclic) bond motifs is 1. The second-order valence-electron chi connectivity index (χ2n) is 4.91. The van der Waals surface area contributed by atoms with Crippen molar-refractivity contribution in [2.75, 3.05) is 5.32 Å². The first-order valence-corrected chi connectivity index (χ1v) is 6.56. The monoisotopic (exact) mass is 265 g/mol. The van der Waals surface area contributed by atoms with Gasteiger partial charge in [0, 0.05) is 11.8 Å². The van der Waals surface area contributed by atoms with Crippen molar-refractivity contribution in [3.8, 4) is 0 Å². The highest BCUT2D eigenvalue weighted by atomic mass is 16.2. The third-order valence-corrected chi connectivity index (χ3v) is 3.30. The third kappa shape index (κ3) is 2.20. The molecule has 1 unspecified atom stereocenters. The van der Waals surface area contributed by atoms with E-state index in [0.29, 0.717) is 0 Å². The topological polar surface area (TPSA) is 54.4 Å². The molecule has 20 heavy (non-hydrogen) atoms. The molecule has 4 nitrogen and oxygen atoms in total. The number of benzodiazepines with no additional fused rings is 1. The van der Waals surface area contributed by atoms with E-state index in [2.05, 4.69) is 15.3 Å². The van der Waals surface area contributed by atoms with Crippen LogP contribution in [0.2, 0.25) is 0 Å². The highest BCUT2D eigenvalue weighted by Crippen LogP contribution is 2.23. The smallest absolute Gasteiger partial charge is 0.248 e. The van der Waals surface area contributed by atoms with E-state index in [1.807, 2.05) is 49.5 Å². The lowest BCUT2D eigenvalue weighted by atomic mass is 10.0. The number of carbonyl (C=O) groups excluding carboxylic acids is 1. The Labute approximate surface area is 117 Å². The molecule has 1 N–H and O–H groups in total. The van der Waals surface area contributed by atoms with Crippen molar-refractivity contribution in [2.45, 2.75) is 19.9 Å². The first kappa shape index (κ1) is 12.5. The summed E-state index contributed by atoms with van der Waals surface area (Å²) in [6, 6.07) is 11.2. The van der Waals surface area contributed by atoms with E-state index < -0.39 is 6.04 Å². The highest BCUT2D eigenvalue weighted by Gasteiger charge is 2.22. The van der Waals surface area contributed by atoms with Gasteiger partial charge in [-0.1, -0.05) is 24.3 Å². The van der Waals surface area contributed by atoms with Gasteiger partial charge in [0.1, 0.15) is 6.04 Å². The Hall–Kier alpha value is -2.49. The van der Waals surface area contributed by atoms with Crippen LogP contribution in [0.3, 0.4) is 0 Å². The Morgan fingerprint density at radius 1 is 1.15 bits per heavy atom. The van der Waals surface area contributed by atoms with Gasteiger partial charge in [0.15, 0.2) is 0 Å². The van der Waals surface area contributed by atoms with Crippen molar-refractivity contribution in [1.29, 1.82) is 0 Å². The number of para-hydroxylation sites is 1. The summed E-state index contributed by atoms with van der Waals surface area (Å²) in [5.74, 6) is -0.0976. The predicted molar refractivity (Wildman–Crippen MR) is 79.1 cm³/mol. The third-order valence-electron chi connectivity index (χ3n) is 3.30. The Kier molecular flexibility index (Phi) is 3.06. The SMILES string of the molecule is Cc1ccc(C2=NC(C)C(=O)Nc3ccccc32)nc1. The summed E-state index contributed by atoms with van der Waals surface area (Å²) < 4.78 is 0. The maximum atomic E-state index is 12.0. The number of nitrogens with one attached hydrogen (secondary N) is 1. The molecular formula is C16H15N3O. The van der Waals surface area contributed by atoms with Gasteiger partial charge in [0.2, 0.25) is 5.91 Å². The van der Waals surface area contributed by atoms with Crippen molar-refractivity contribution < 1.29 is 4.79 Å². The molecule has 4 heteroatoms. The summed E-state index contributed by atoms with van der Waals surface area (Å²) in [6.45, 7) is 3.78. The van der Waals surface area contributed by atoms with Crippen LogP contribution in [0.25, 0.3) is 0 Å². The first-order valence-electron chi connectivity index (χ1n) is 6.56. The van der Waals surface area contributed by atoms with Crippen LogP contribution in [0.4, 0.5) is 5.69 Å². The zero-order valence-corrected chi connectivity index (χ0v) is 11.4. The molecule has 1 aliphatic heterocycles. The molecule has 0 radical (unpaired) electrons. The Morgan fingerprint density at radius 3 is 2.70 bits per heavy atom. The summed E-state index contributed by atoms with van der Waals surface area (Å²) in [5.41, 5.74) is 4.32. The number of nitrogens with zero attached hydrogens (tertiary/aromatic N) is 2. The van der Waals surface area contributed by atoms with Gasteiger partial charge in [-0.25, -0.2) is 0 Å². The number of aromatic nitrogens is 1. The first-order chi connectivity index (χ1) is 9.65. The second kappa shape index (κ2) is 4.89. The quantitative estimate of drug-likeness (QED) is 0.861. The van der Waals surface area contributed by atoms with Gasteiger partial charge in [-0.2, -0.15) is 0 Å². The normalized spacial score (nSPS) is 17.8. The van der Waals surface area contributed by atoms with E-state index >= 15 is 0 Å². The molecule has 2 aromatic rings. The lowest BCUT2D eigenvalue weighted by Gasteiger charge is -2.08. The fourth-order valence-electron chi connectivity index (χ4n) is 2.17. The van der Waals surface area contributed by atoms with Gasteiger partial charge in [0.25, 0.3) is 0 Å². The Balaban J connectivity index is 2.18. The molecule has 1 atom stereocenters. The summed E-state index contributed by atoms with van der Waals surface area (Å²) >= 11 is 0. The maximum absolute atomic E-state index is 12.0. The minimum absolute atomic E-state index is 0.0976. The standard InChI is InChI=1S/C16H15N3O/c1-10-7-8-14(17-9-10)15-12-5-3-4-6-13(12)19-16(20)11(2)18-15/h3-9,11H,1-2H3,(H,19,20). The number of amides is 1. The minimum atomic E-state index is -0.430. The van der Waals surface area contributed by atoms with E-state index in [1.54, 1.807) is 6.92 Å². The lowest BCUT2D eigenvalue weighted by molar-refractivity contribution is -0.116. The molecule has 1 aromatic carbocycles. The van der Waals surface area contributed by atoms with Crippen molar-refractivity contribution >= 4 is 17.3 Å². The molecule has 0 bridgehead atoms. The molecule has 0 saturated carbocycles. The average molecular weight is 265 g/mol. The molecule has 0 spiro atoms. The zero-order valence-electron chi connectivity index (χ0n) is 11.4. The molecule has 100 valence electrons. The van der Waals surface area contributed by atoms with E-state index in [4.69, 9.17) is 0 Å². The molecule has 0 saturated heterocycles. The highest BCUT2D eigenvalue weighted by molar-refractivity contribution is 6.18. The zero-order chi connectivity index (χ0) is 14.1. The Morgan fingerprint density at radius 2 is 1.95 bits per heavy atom. The summed E-state index contributed by atoms with van der Waals surface area (Å²) in [6.07, 6.45) is 1.81. The summed E-state index contributed by atoms with van der Waals surface area (Å²) in [4.78, 5) is 20.9. The van der Waals surface area contributed by atoms with Crippen LogP contribution in [0, 0.1) is 6.92 Å². The molecule has 1 aromatic heterocycles. The molecule has 0 fully saturated rings. The minimum Gasteiger partial charge on any atom is -0.324 e. The second-order valence-corrected chi connectivity index (χ2v) is 4.91. The van der Waals surface area contributed by atoms with Crippen LogP contribution < -0.4 is 5.32 Å². The van der Waals surface area contributed by atoms with Crippen LogP contribution in [0.15, 0.2) is 47.6 Å². The number of hydrogen-bond acceptors (Lipinski definition) is 3. The van der Waals surface area contributed by atoms with Gasteiger partial charge in [-0.15, -0.1) is 0 Å². The van der Waals surface area contributed by atoms with Gasteiger partial charge < -0.3 is 5.32 Å². The number of carbonyl (C=O) groups is 1. The van der Waals surface area contributed by atoms with Gasteiger partial charge in [0.05, 0.1) is 17.1 Å². The summed E-state index contributed by atoms with van der Waals surface area (Å²) in [7, 11) is 0. The maximum Gasteiger partial charge on any atom is 0.248 e. The van der Waals surface area contributed by atoms with Gasteiger partial charge >= 0.3 is 0 Å². The lowest BCUT2D eigenvalue weighted by Crippen LogP contribution is -2.22. The largest absolute Gasteiger partial charge is 0.324 e. The van der Waals surface area contributed by atoms with E-state index in [9.17, 15) is 4.79 Å². The van der Waals surface area contributed by atoms with Crippen LogP contribution >= 0.6 is 0 Å². The molecule has 2 heterocycles. The number of rotatable bonds is 1. The fourth-order valence-corrected chi connectivity index (χ4v) is 2.17. The predicted octanol–water partition coefficient (Wildman–Crippen LogP) is 2.57. The van der Waals surface area contributed by atoms with Gasteiger partial charge in [-0.05, 0) is 31.5 Å². The summed E-state index contributed by atoms with van der Waals surface area (Å²) in [5, 5.41) is 2.90. The van der Waals surface area contributed by atoms with E-state index in [0.717, 1.165) is 28.2 Å². The van der Waals surface area contributed by atoms with Crippen molar-refractivity contribution in [2.24, 2.45) is 4.99 Å². The molecule has 1 aliphatic rings. The van der Waals surface area contributed by atoms with Gasteiger partial charge in [-0.3, -0.25) is 14.8 Å². The number of aryl methyl sites for hydroxylation is 1. The fraction of sp³-hybridized carbons (Fsp3) is 0.188. The van der Waals surface area contributed by atoms with E-state index in [-0.39, 0.29) is 5.91 Å². The number of anilines is 1. The van der Waals surface area contributed by atoms with Crippen LogP contribution in [-0.4, -0.2) is 22.6 Å². The number of hydrogen-bond donors (Lipinski definition) is 1. The van der Waals surface area contributed by atoms with Crippen LogP contribution in [0.1, 0.15) is 23.7 Å². The van der Waals surface area contributed by atoms with Crippen molar-refractivity contribution in [3.05, 3.63) is 59.4 Å². The number of pyridine rings is 1. The molecular weight excluding hydrogens is 250 g/mol. The molecule has 3 rings (SSSR count). The van der Waals surface area contributed by atoms with E-state index in [1.165, 1.54) is 0 Å². The van der Waals surface area contributed by atoms with Crippen molar-refractivity contribution in [1.82, 2.24) is 4.98 Å². The average Bonchev–Trinajstić information content (AvgIpc) is 2.58. The number of aliphatic imine (C=N–C) groups is 1. The Bertz CT molecular complexity index is 689. The van der Waals surface area contributed by atoms with Crippen molar-refractivity contribution in [3.63, 3.8) is 0 Å². The molecule has 0 aliphatic carbocycles. The van der Waals surface area contributed by atoms with Crippen LogP contribution in [0.5, 0.6) is 0 Å². The number of benzene rings is 1. The van der Waals surface area contributed by atoms with Crippen LogP contribution in [-0.2, 0) is 4.79 Å².